The first kappa shape index (κ1) is 23.1. The molecule has 1 amide bonds. The molecule has 0 radical (unpaired) electrons. The summed E-state index contributed by atoms with van der Waals surface area (Å²) in [6.07, 6.45) is 3.52. The SMILES string of the molecule is COc1c(C2CCNCC2)cc(C(=O)NC(C)c2cccc(C(F)(F)CO)c2)c2[nH]ncc12. The third-order valence-electron chi connectivity index (χ3n) is 6.30. The maximum Gasteiger partial charge on any atom is 0.295 e. The molecule has 3 aromatic rings. The van der Waals surface area contributed by atoms with E-state index in [9.17, 15) is 13.6 Å². The van der Waals surface area contributed by atoms with Crippen LogP contribution in [0.3, 0.4) is 0 Å². The Labute approximate surface area is 190 Å². The standard InChI is InChI=1S/C24H28F2N4O3/c1-14(16-4-3-5-17(10-16)24(25,26)13-31)29-23(32)19-11-18(15-6-8-27-9-7-15)22(33-2)20-12-28-30-21(19)20/h3-5,10-12,14-15,27,31H,6-9,13H2,1-2H3,(H,28,30)(H,29,32). The molecule has 176 valence electrons. The second-order valence-corrected chi connectivity index (χ2v) is 8.41. The maximum absolute atomic E-state index is 13.9. The number of aliphatic hydroxyl groups is 1. The van der Waals surface area contributed by atoms with E-state index in [0.29, 0.717) is 22.4 Å². The number of methoxy groups -OCH3 is 1. The van der Waals surface area contributed by atoms with Crippen LogP contribution in [0.15, 0.2) is 36.5 Å². The summed E-state index contributed by atoms with van der Waals surface area (Å²) in [5.41, 5.74) is 2.18. The number of piperidine rings is 1. The molecule has 1 unspecified atom stereocenters. The Bertz CT molecular complexity index is 1140. The molecule has 0 spiro atoms. The highest BCUT2D eigenvalue weighted by molar-refractivity contribution is 6.07. The van der Waals surface area contributed by atoms with E-state index in [2.05, 4.69) is 20.8 Å². The van der Waals surface area contributed by atoms with E-state index < -0.39 is 18.6 Å². The summed E-state index contributed by atoms with van der Waals surface area (Å²) in [5.74, 6) is -2.72. The summed E-state index contributed by atoms with van der Waals surface area (Å²) in [7, 11) is 1.61. The second-order valence-electron chi connectivity index (χ2n) is 8.41. The summed E-state index contributed by atoms with van der Waals surface area (Å²) in [6, 6.07) is 7.05. The number of H-pyrrole nitrogens is 1. The normalized spacial score (nSPS) is 16.0. The van der Waals surface area contributed by atoms with Crippen molar-refractivity contribution in [1.82, 2.24) is 20.8 Å². The number of fused-ring (bicyclic) bond motifs is 1. The number of alkyl halides is 2. The van der Waals surface area contributed by atoms with Crippen molar-refractivity contribution >= 4 is 16.8 Å². The third-order valence-corrected chi connectivity index (χ3v) is 6.30. The van der Waals surface area contributed by atoms with E-state index in [1.807, 2.05) is 6.07 Å². The Hall–Kier alpha value is -3.04. The van der Waals surface area contributed by atoms with Crippen molar-refractivity contribution in [1.29, 1.82) is 0 Å². The fraction of sp³-hybridized carbons (Fsp3) is 0.417. The number of carbonyl (C=O) groups is 1. The molecule has 4 rings (SSSR count). The van der Waals surface area contributed by atoms with Gasteiger partial charge in [-0.3, -0.25) is 9.89 Å². The van der Waals surface area contributed by atoms with E-state index in [4.69, 9.17) is 9.84 Å². The van der Waals surface area contributed by atoms with Crippen LogP contribution in [0.4, 0.5) is 8.78 Å². The fourth-order valence-corrected chi connectivity index (χ4v) is 4.44. The number of nitrogens with zero attached hydrogens (tertiary/aromatic N) is 1. The Morgan fingerprint density at radius 1 is 1.33 bits per heavy atom. The summed E-state index contributed by atoms with van der Waals surface area (Å²) in [6.45, 7) is 2.24. The lowest BCUT2D eigenvalue weighted by Crippen LogP contribution is -2.29. The number of hydrogen-bond acceptors (Lipinski definition) is 5. The Morgan fingerprint density at radius 2 is 2.09 bits per heavy atom. The van der Waals surface area contributed by atoms with Gasteiger partial charge in [0, 0.05) is 5.56 Å². The molecule has 1 fully saturated rings. The molecule has 1 saturated heterocycles. The predicted octanol–water partition coefficient (Wildman–Crippen LogP) is 3.61. The highest BCUT2D eigenvalue weighted by Crippen LogP contribution is 2.39. The van der Waals surface area contributed by atoms with Crippen molar-refractivity contribution in [3.8, 4) is 5.75 Å². The predicted molar refractivity (Wildman–Crippen MR) is 121 cm³/mol. The van der Waals surface area contributed by atoms with Gasteiger partial charge in [-0.1, -0.05) is 18.2 Å². The van der Waals surface area contributed by atoms with Gasteiger partial charge >= 0.3 is 0 Å². The van der Waals surface area contributed by atoms with Crippen LogP contribution in [-0.4, -0.2) is 48.0 Å². The average molecular weight is 459 g/mol. The zero-order chi connectivity index (χ0) is 23.6. The number of rotatable bonds is 7. The second kappa shape index (κ2) is 9.44. The van der Waals surface area contributed by atoms with Crippen molar-refractivity contribution < 1.29 is 23.4 Å². The molecule has 0 aliphatic carbocycles. The van der Waals surface area contributed by atoms with Gasteiger partial charge in [0.2, 0.25) is 0 Å². The van der Waals surface area contributed by atoms with Crippen LogP contribution >= 0.6 is 0 Å². The van der Waals surface area contributed by atoms with Gasteiger partial charge in [0.15, 0.2) is 0 Å². The molecule has 0 bridgehead atoms. The van der Waals surface area contributed by atoms with Gasteiger partial charge in [0.25, 0.3) is 11.8 Å². The number of nitrogens with one attached hydrogen (secondary N) is 3. The number of aliphatic hydroxyl groups excluding tert-OH is 1. The van der Waals surface area contributed by atoms with Gasteiger partial charge in [-0.05, 0) is 62.0 Å². The van der Waals surface area contributed by atoms with Crippen LogP contribution < -0.4 is 15.4 Å². The minimum Gasteiger partial charge on any atom is -0.496 e. The number of benzene rings is 2. The molecule has 4 N–H and O–H groups in total. The van der Waals surface area contributed by atoms with Crippen LogP contribution in [0.1, 0.15) is 58.8 Å². The zero-order valence-electron chi connectivity index (χ0n) is 18.6. The van der Waals surface area contributed by atoms with Crippen LogP contribution in [0.2, 0.25) is 0 Å². The largest absolute Gasteiger partial charge is 0.496 e. The smallest absolute Gasteiger partial charge is 0.295 e. The van der Waals surface area contributed by atoms with E-state index in [0.717, 1.165) is 36.9 Å². The molecule has 7 nitrogen and oxygen atoms in total. The van der Waals surface area contributed by atoms with E-state index in [1.165, 1.54) is 18.2 Å². The van der Waals surface area contributed by atoms with Gasteiger partial charge in [0.1, 0.15) is 12.4 Å². The van der Waals surface area contributed by atoms with E-state index in [1.54, 1.807) is 26.3 Å². The summed E-state index contributed by atoms with van der Waals surface area (Å²) < 4.78 is 33.6. The molecule has 1 aliphatic rings. The van der Waals surface area contributed by atoms with Crippen molar-refractivity contribution in [2.75, 3.05) is 26.8 Å². The molecule has 2 aromatic carbocycles. The lowest BCUT2D eigenvalue weighted by Gasteiger charge is -2.25. The number of halogens is 2. The highest BCUT2D eigenvalue weighted by atomic mass is 19.3. The van der Waals surface area contributed by atoms with Gasteiger partial charge in [-0.25, -0.2) is 0 Å². The summed E-state index contributed by atoms with van der Waals surface area (Å²) in [4.78, 5) is 13.3. The summed E-state index contributed by atoms with van der Waals surface area (Å²) in [5, 5.41) is 23.0. The molecule has 1 aromatic heterocycles. The van der Waals surface area contributed by atoms with Crippen molar-refractivity contribution in [3.05, 3.63) is 58.8 Å². The van der Waals surface area contributed by atoms with Crippen LogP contribution in [0.5, 0.6) is 5.75 Å². The minimum atomic E-state index is -3.35. The number of amides is 1. The fourth-order valence-electron chi connectivity index (χ4n) is 4.44. The number of aromatic nitrogens is 2. The quantitative estimate of drug-likeness (QED) is 0.434. The Balaban J connectivity index is 1.66. The van der Waals surface area contributed by atoms with E-state index >= 15 is 0 Å². The Kier molecular flexibility index (Phi) is 6.62. The zero-order valence-corrected chi connectivity index (χ0v) is 18.6. The third kappa shape index (κ3) is 4.56. The molecular formula is C24H28F2N4O3. The van der Waals surface area contributed by atoms with Gasteiger partial charge in [-0.15, -0.1) is 0 Å². The molecule has 0 saturated carbocycles. The number of ether oxygens (including phenoxy) is 1. The van der Waals surface area contributed by atoms with Crippen LogP contribution in [0.25, 0.3) is 10.9 Å². The molecule has 1 atom stereocenters. The first-order chi connectivity index (χ1) is 15.9. The van der Waals surface area contributed by atoms with Crippen LogP contribution in [-0.2, 0) is 5.92 Å². The molecular weight excluding hydrogens is 430 g/mol. The van der Waals surface area contributed by atoms with Crippen molar-refractivity contribution in [2.45, 2.75) is 37.6 Å². The first-order valence-corrected chi connectivity index (χ1v) is 11.0. The average Bonchev–Trinajstić information content (AvgIpc) is 3.33. The van der Waals surface area contributed by atoms with Crippen LogP contribution in [0, 0.1) is 0 Å². The highest BCUT2D eigenvalue weighted by Gasteiger charge is 2.31. The van der Waals surface area contributed by atoms with Gasteiger partial charge < -0.3 is 20.5 Å². The van der Waals surface area contributed by atoms with Crippen molar-refractivity contribution in [2.24, 2.45) is 0 Å². The number of hydrogen-bond donors (Lipinski definition) is 4. The molecule has 2 heterocycles. The molecule has 1 aliphatic heterocycles. The van der Waals surface area contributed by atoms with Gasteiger partial charge in [-0.2, -0.15) is 13.9 Å². The number of aromatic amines is 1. The molecule has 33 heavy (non-hydrogen) atoms. The summed E-state index contributed by atoms with van der Waals surface area (Å²) >= 11 is 0. The monoisotopic (exact) mass is 458 g/mol. The lowest BCUT2D eigenvalue weighted by molar-refractivity contribution is -0.0556. The Morgan fingerprint density at radius 3 is 2.79 bits per heavy atom. The first-order valence-electron chi connectivity index (χ1n) is 11.0. The number of carbonyl (C=O) groups excluding carboxylic acids is 1. The maximum atomic E-state index is 13.9. The molecule has 9 heteroatoms. The topological polar surface area (TPSA) is 99.3 Å². The lowest BCUT2D eigenvalue weighted by atomic mass is 9.87. The van der Waals surface area contributed by atoms with E-state index in [-0.39, 0.29) is 17.4 Å². The van der Waals surface area contributed by atoms with Gasteiger partial charge in [0.05, 0.1) is 35.8 Å². The minimum absolute atomic E-state index is 0.252. The van der Waals surface area contributed by atoms with Crippen molar-refractivity contribution in [3.63, 3.8) is 0 Å².